The number of furan rings is 1. The maximum absolute atomic E-state index is 12.2. The predicted molar refractivity (Wildman–Crippen MR) is 89.8 cm³/mol. The van der Waals surface area contributed by atoms with Gasteiger partial charge < -0.3 is 14.5 Å². The third kappa shape index (κ3) is 5.31. The van der Waals surface area contributed by atoms with Gasteiger partial charge >= 0.3 is 5.97 Å². The van der Waals surface area contributed by atoms with Crippen LogP contribution in [0.1, 0.15) is 26.0 Å². The minimum absolute atomic E-state index is 0.0225. The average Bonchev–Trinajstić information content (AvgIpc) is 3.29. The number of ether oxygens (including phenoxy) is 1. The van der Waals surface area contributed by atoms with E-state index < -0.39 is 12.0 Å². The Balaban J connectivity index is 1.91. The molecule has 0 aliphatic heterocycles. The maximum atomic E-state index is 12.2. The molecule has 0 aliphatic rings. The summed E-state index contributed by atoms with van der Waals surface area (Å²) >= 11 is 1.19. The van der Waals surface area contributed by atoms with Crippen molar-refractivity contribution in [2.45, 2.75) is 38.0 Å². The van der Waals surface area contributed by atoms with E-state index in [2.05, 4.69) is 20.8 Å². The van der Waals surface area contributed by atoms with Gasteiger partial charge in [0.05, 0.1) is 19.1 Å². The van der Waals surface area contributed by atoms with Crippen LogP contribution < -0.4 is 5.32 Å². The molecule has 9 nitrogen and oxygen atoms in total. The molecule has 2 unspecified atom stereocenters. The van der Waals surface area contributed by atoms with Crippen molar-refractivity contribution in [2.24, 2.45) is 5.92 Å². The summed E-state index contributed by atoms with van der Waals surface area (Å²) in [4.78, 5) is 24.0. The molecule has 2 heterocycles. The standard InChI is InChI=1S/C15H21N5O4S/c1-4-10(2)13(14(22)23-3)16-12(21)9-25-15-17-18-19-20(15)8-11-6-5-7-24-11/h5-7,10,13H,4,8-9H2,1-3H3,(H,16,21). The van der Waals surface area contributed by atoms with Gasteiger partial charge in [0.25, 0.3) is 0 Å². The van der Waals surface area contributed by atoms with Crippen LogP contribution in [0.3, 0.4) is 0 Å². The smallest absolute Gasteiger partial charge is 0.328 e. The van der Waals surface area contributed by atoms with Gasteiger partial charge in [0.15, 0.2) is 0 Å². The molecule has 0 aromatic carbocycles. The second kappa shape index (κ2) is 9.21. The molecule has 0 radical (unpaired) electrons. The zero-order valence-corrected chi connectivity index (χ0v) is 15.2. The second-order valence-corrected chi connectivity index (χ2v) is 6.38. The Labute approximate surface area is 149 Å². The lowest BCUT2D eigenvalue weighted by Gasteiger charge is -2.21. The molecule has 1 amide bonds. The van der Waals surface area contributed by atoms with E-state index in [1.165, 1.54) is 18.9 Å². The second-order valence-electron chi connectivity index (χ2n) is 5.44. The largest absolute Gasteiger partial charge is 0.467 e. The van der Waals surface area contributed by atoms with Gasteiger partial charge in [-0.05, 0) is 28.5 Å². The zero-order chi connectivity index (χ0) is 18.2. The van der Waals surface area contributed by atoms with Crippen LogP contribution in [-0.2, 0) is 20.9 Å². The van der Waals surface area contributed by atoms with Gasteiger partial charge in [0.2, 0.25) is 11.1 Å². The fourth-order valence-corrected chi connectivity index (χ4v) is 2.78. The molecule has 0 saturated heterocycles. The molecule has 136 valence electrons. The molecular formula is C15H21N5O4S. The molecule has 0 saturated carbocycles. The van der Waals surface area contributed by atoms with Crippen LogP contribution in [0.15, 0.2) is 28.0 Å². The number of esters is 1. The number of tetrazole rings is 1. The fraction of sp³-hybridized carbons (Fsp3) is 0.533. The summed E-state index contributed by atoms with van der Waals surface area (Å²) in [6.45, 7) is 4.21. The van der Waals surface area contributed by atoms with Crippen molar-refractivity contribution in [3.63, 3.8) is 0 Å². The van der Waals surface area contributed by atoms with Crippen LogP contribution in [0, 0.1) is 5.92 Å². The first kappa shape index (κ1) is 19.0. The summed E-state index contributed by atoms with van der Waals surface area (Å²) < 4.78 is 11.6. The minimum atomic E-state index is -0.665. The van der Waals surface area contributed by atoms with Gasteiger partial charge in [-0.1, -0.05) is 32.0 Å². The highest BCUT2D eigenvalue weighted by Gasteiger charge is 2.26. The van der Waals surface area contributed by atoms with Crippen molar-refractivity contribution < 1.29 is 18.7 Å². The molecule has 2 aromatic rings. The van der Waals surface area contributed by atoms with Gasteiger partial charge in [0, 0.05) is 0 Å². The third-order valence-corrected chi connectivity index (χ3v) is 4.66. The highest BCUT2D eigenvalue weighted by Crippen LogP contribution is 2.16. The maximum Gasteiger partial charge on any atom is 0.328 e. The normalized spacial score (nSPS) is 13.2. The molecule has 10 heteroatoms. The lowest BCUT2D eigenvalue weighted by Crippen LogP contribution is -2.46. The Hall–Kier alpha value is -2.36. The minimum Gasteiger partial charge on any atom is -0.467 e. The topological polar surface area (TPSA) is 112 Å². The van der Waals surface area contributed by atoms with E-state index in [1.54, 1.807) is 17.0 Å². The Kier molecular flexibility index (Phi) is 6.99. The summed E-state index contributed by atoms with van der Waals surface area (Å²) in [7, 11) is 1.31. The number of carbonyl (C=O) groups excluding carboxylic acids is 2. The Morgan fingerprint density at radius 1 is 1.48 bits per heavy atom. The van der Waals surface area contributed by atoms with E-state index in [0.717, 1.165) is 6.42 Å². The van der Waals surface area contributed by atoms with E-state index >= 15 is 0 Å². The van der Waals surface area contributed by atoms with Crippen LogP contribution in [0.4, 0.5) is 0 Å². The highest BCUT2D eigenvalue weighted by molar-refractivity contribution is 7.99. The Morgan fingerprint density at radius 3 is 2.92 bits per heavy atom. The van der Waals surface area contributed by atoms with Crippen molar-refractivity contribution in [3.05, 3.63) is 24.2 Å². The number of nitrogens with zero attached hydrogens (tertiary/aromatic N) is 4. The molecule has 1 N–H and O–H groups in total. The number of nitrogens with one attached hydrogen (secondary N) is 1. The van der Waals surface area contributed by atoms with Crippen LogP contribution in [0.2, 0.25) is 0 Å². The van der Waals surface area contributed by atoms with Crippen molar-refractivity contribution in [1.82, 2.24) is 25.5 Å². The summed E-state index contributed by atoms with van der Waals surface area (Å²) in [6, 6.07) is 2.93. The van der Waals surface area contributed by atoms with Gasteiger partial charge in [0.1, 0.15) is 18.3 Å². The third-order valence-electron chi connectivity index (χ3n) is 3.70. The fourth-order valence-electron chi connectivity index (χ4n) is 2.09. The number of hydrogen-bond acceptors (Lipinski definition) is 8. The summed E-state index contributed by atoms with van der Waals surface area (Å²) in [5.41, 5.74) is 0. The van der Waals surface area contributed by atoms with E-state index in [9.17, 15) is 9.59 Å². The van der Waals surface area contributed by atoms with Crippen LogP contribution in [0.25, 0.3) is 0 Å². The number of methoxy groups -OCH3 is 1. The number of amides is 1. The van der Waals surface area contributed by atoms with Crippen molar-refractivity contribution in [2.75, 3.05) is 12.9 Å². The van der Waals surface area contributed by atoms with E-state index in [1.807, 2.05) is 19.9 Å². The first-order valence-corrected chi connectivity index (χ1v) is 8.82. The first-order valence-electron chi connectivity index (χ1n) is 7.83. The van der Waals surface area contributed by atoms with E-state index in [0.29, 0.717) is 17.5 Å². The number of rotatable bonds is 9. The van der Waals surface area contributed by atoms with Crippen molar-refractivity contribution >= 4 is 23.6 Å². The average molecular weight is 367 g/mol. The van der Waals surface area contributed by atoms with Crippen LogP contribution in [0.5, 0.6) is 0 Å². The molecule has 0 spiro atoms. The summed E-state index contributed by atoms with van der Waals surface area (Å²) in [6.07, 6.45) is 2.32. The van der Waals surface area contributed by atoms with E-state index in [-0.39, 0.29) is 17.6 Å². The van der Waals surface area contributed by atoms with Crippen LogP contribution >= 0.6 is 11.8 Å². The molecule has 2 aromatic heterocycles. The number of hydrogen-bond donors (Lipinski definition) is 1. The number of thioether (sulfide) groups is 1. The number of aromatic nitrogens is 4. The molecule has 25 heavy (non-hydrogen) atoms. The SMILES string of the molecule is CCC(C)C(NC(=O)CSc1nnnn1Cc1ccco1)C(=O)OC. The summed E-state index contributed by atoms with van der Waals surface area (Å²) in [5.74, 6) is 0.0398. The molecule has 0 fully saturated rings. The highest BCUT2D eigenvalue weighted by atomic mass is 32.2. The number of carbonyl (C=O) groups is 2. The molecule has 2 rings (SSSR count). The quantitative estimate of drug-likeness (QED) is 0.518. The van der Waals surface area contributed by atoms with Gasteiger partial charge in [-0.15, -0.1) is 5.10 Å². The van der Waals surface area contributed by atoms with Gasteiger partial charge in [-0.25, -0.2) is 9.48 Å². The predicted octanol–water partition coefficient (Wildman–Crippen LogP) is 1.11. The molecule has 2 atom stereocenters. The lowest BCUT2D eigenvalue weighted by atomic mass is 9.99. The van der Waals surface area contributed by atoms with E-state index in [4.69, 9.17) is 9.15 Å². The first-order chi connectivity index (χ1) is 12.0. The Bertz CT molecular complexity index is 688. The lowest BCUT2D eigenvalue weighted by molar-refractivity contribution is -0.146. The molecule has 0 aliphatic carbocycles. The van der Waals surface area contributed by atoms with Crippen LogP contribution in [-0.4, -0.2) is 51.0 Å². The van der Waals surface area contributed by atoms with Crippen molar-refractivity contribution in [1.29, 1.82) is 0 Å². The molecule has 0 bridgehead atoms. The summed E-state index contributed by atoms with van der Waals surface area (Å²) in [5, 5.41) is 14.6. The Morgan fingerprint density at radius 2 is 2.28 bits per heavy atom. The van der Waals surface area contributed by atoms with Gasteiger partial charge in [-0.2, -0.15) is 0 Å². The zero-order valence-electron chi connectivity index (χ0n) is 14.3. The monoisotopic (exact) mass is 367 g/mol. The van der Waals surface area contributed by atoms with Crippen molar-refractivity contribution in [3.8, 4) is 0 Å². The van der Waals surface area contributed by atoms with Gasteiger partial charge in [-0.3, -0.25) is 4.79 Å². The molecular weight excluding hydrogens is 346 g/mol.